The third-order valence-corrected chi connectivity index (χ3v) is 3.62. The predicted molar refractivity (Wildman–Crippen MR) is 76.1 cm³/mol. The van der Waals surface area contributed by atoms with E-state index in [1.54, 1.807) is 11.8 Å². The average Bonchev–Trinajstić information content (AvgIpc) is 2.39. The summed E-state index contributed by atoms with van der Waals surface area (Å²) in [6.07, 6.45) is 1.50. The highest BCUT2D eigenvalue weighted by Gasteiger charge is 2.09. The summed E-state index contributed by atoms with van der Waals surface area (Å²) >= 11 is 1.65. The van der Waals surface area contributed by atoms with E-state index in [0.29, 0.717) is 18.2 Å². The van der Waals surface area contributed by atoms with Gasteiger partial charge in [0.15, 0.2) is 0 Å². The molecule has 0 atom stereocenters. The number of thioether (sulfide) groups is 1. The molecule has 0 fully saturated rings. The molecule has 0 spiro atoms. The lowest BCUT2D eigenvalue weighted by molar-refractivity contribution is 0.323. The Hall–Kier alpha value is -1.01. The molecule has 6 heteroatoms. The van der Waals surface area contributed by atoms with E-state index in [9.17, 15) is 0 Å². The summed E-state index contributed by atoms with van der Waals surface area (Å²) in [5.74, 6) is 1.45. The van der Waals surface area contributed by atoms with Crippen LogP contribution in [0, 0.1) is 0 Å². The van der Waals surface area contributed by atoms with Gasteiger partial charge >= 0.3 is 0 Å². The standard InChI is InChI=1S/C12H22N4OS/c1-4-16(5-2)7-8-18-12-10(13)11(17-6-3)14-9-15-12/h9H,4-8,13H2,1-3H3. The number of nitrogen functional groups attached to an aromatic ring is 1. The fraction of sp³-hybridized carbons (Fsp3) is 0.667. The zero-order chi connectivity index (χ0) is 13.4. The molecule has 0 aliphatic heterocycles. The van der Waals surface area contributed by atoms with Gasteiger partial charge in [0.05, 0.1) is 6.61 Å². The number of anilines is 1. The van der Waals surface area contributed by atoms with E-state index in [0.717, 1.165) is 30.4 Å². The monoisotopic (exact) mass is 270 g/mol. The van der Waals surface area contributed by atoms with E-state index in [1.165, 1.54) is 6.33 Å². The van der Waals surface area contributed by atoms with Gasteiger partial charge in [-0.3, -0.25) is 0 Å². The van der Waals surface area contributed by atoms with E-state index in [1.807, 2.05) is 6.92 Å². The molecule has 5 nitrogen and oxygen atoms in total. The van der Waals surface area contributed by atoms with Crippen LogP contribution in [0.4, 0.5) is 5.69 Å². The SMILES string of the molecule is CCOc1ncnc(SCCN(CC)CC)c1N. The molecule has 1 heterocycles. The van der Waals surface area contributed by atoms with Gasteiger partial charge < -0.3 is 15.4 Å². The van der Waals surface area contributed by atoms with Crippen molar-refractivity contribution in [1.82, 2.24) is 14.9 Å². The highest BCUT2D eigenvalue weighted by molar-refractivity contribution is 7.99. The summed E-state index contributed by atoms with van der Waals surface area (Å²) in [7, 11) is 0. The van der Waals surface area contributed by atoms with Crippen LogP contribution in [-0.4, -0.2) is 46.9 Å². The third-order valence-electron chi connectivity index (χ3n) is 2.63. The van der Waals surface area contributed by atoms with Crippen molar-refractivity contribution in [1.29, 1.82) is 0 Å². The largest absolute Gasteiger partial charge is 0.476 e. The van der Waals surface area contributed by atoms with Gasteiger partial charge in [-0.25, -0.2) is 4.98 Å². The predicted octanol–water partition coefficient (Wildman–Crippen LogP) is 1.89. The molecular formula is C12H22N4OS. The lowest BCUT2D eigenvalue weighted by Gasteiger charge is -2.17. The summed E-state index contributed by atoms with van der Waals surface area (Å²) in [5, 5.41) is 0.806. The molecule has 0 radical (unpaired) electrons. The topological polar surface area (TPSA) is 64.3 Å². The van der Waals surface area contributed by atoms with Crippen molar-refractivity contribution in [2.75, 3.05) is 37.7 Å². The van der Waals surface area contributed by atoms with E-state index < -0.39 is 0 Å². The van der Waals surface area contributed by atoms with E-state index in [-0.39, 0.29) is 0 Å². The van der Waals surface area contributed by atoms with Crippen LogP contribution in [0.1, 0.15) is 20.8 Å². The zero-order valence-electron chi connectivity index (χ0n) is 11.3. The Morgan fingerprint density at radius 2 is 2.00 bits per heavy atom. The van der Waals surface area contributed by atoms with Crippen LogP contribution in [0.5, 0.6) is 5.88 Å². The molecule has 0 amide bonds. The fourth-order valence-electron chi connectivity index (χ4n) is 1.54. The first kappa shape index (κ1) is 15.0. The van der Waals surface area contributed by atoms with Crippen molar-refractivity contribution < 1.29 is 4.74 Å². The number of hydrogen-bond acceptors (Lipinski definition) is 6. The number of rotatable bonds is 8. The van der Waals surface area contributed by atoms with E-state index in [4.69, 9.17) is 10.5 Å². The minimum Gasteiger partial charge on any atom is -0.476 e. The summed E-state index contributed by atoms with van der Waals surface area (Å²) in [6.45, 7) is 9.98. The first-order valence-corrected chi connectivity index (χ1v) is 7.29. The molecule has 18 heavy (non-hydrogen) atoms. The van der Waals surface area contributed by atoms with Crippen molar-refractivity contribution in [3.63, 3.8) is 0 Å². The molecule has 0 aliphatic rings. The van der Waals surface area contributed by atoms with Gasteiger partial charge in [-0.15, -0.1) is 11.8 Å². The third kappa shape index (κ3) is 4.34. The lowest BCUT2D eigenvalue weighted by Crippen LogP contribution is -2.25. The minimum absolute atomic E-state index is 0.484. The second kappa shape index (κ2) is 8.16. The van der Waals surface area contributed by atoms with Gasteiger partial charge in [0.2, 0.25) is 5.88 Å². The minimum atomic E-state index is 0.484. The van der Waals surface area contributed by atoms with Crippen molar-refractivity contribution in [2.45, 2.75) is 25.8 Å². The molecule has 1 aromatic heterocycles. The number of hydrogen-bond donors (Lipinski definition) is 1. The smallest absolute Gasteiger partial charge is 0.241 e. The molecule has 1 aromatic rings. The van der Waals surface area contributed by atoms with Crippen LogP contribution in [-0.2, 0) is 0 Å². The maximum Gasteiger partial charge on any atom is 0.241 e. The van der Waals surface area contributed by atoms with Crippen molar-refractivity contribution in [2.24, 2.45) is 0 Å². The Morgan fingerprint density at radius 3 is 2.61 bits per heavy atom. The summed E-state index contributed by atoms with van der Waals surface area (Å²) in [5.41, 5.74) is 6.51. The molecule has 2 N–H and O–H groups in total. The highest BCUT2D eigenvalue weighted by Crippen LogP contribution is 2.28. The first-order valence-electron chi connectivity index (χ1n) is 6.31. The van der Waals surface area contributed by atoms with Crippen molar-refractivity contribution >= 4 is 17.4 Å². The van der Waals surface area contributed by atoms with Crippen molar-refractivity contribution in [3.8, 4) is 5.88 Å². The normalized spacial score (nSPS) is 10.9. The van der Waals surface area contributed by atoms with Crippen LogP contribution in [0.15, 0.2) is 11.4 Å². The van der Waals surface area contributed by atoms with Gasteiger partial charge in [-0.1, -0.05) is 13.8 Å². The fourth-order valence-corrected chi connectivity index (χ4v) is 2.45. The second-order valence-electron chi connectivity index (χ2n) is 3.71. The van der Waals surface area contributed by atoms with Crippen LogP contribution in [0.2, 0.25) is 0 Å². The number of ether oxygens (including phenoxy) is 1. The van der Waals surface area contributed by atoms with Gasteiger partial charge in [0.25, 0.3) is 0 Å². The molecule has 0 aromatic carbocycles. The molecular weight excluding hydrogens is 248 g/mol. The number of nitrogens with two attached hydrogens (primary N) is 1. The summed E-state index contributed by atoms with van der Waals surface area (Å²) < 4.78 is 5.35. The molecule has 0 saturated heterocycles. The van der Waals surface area contributed by atoms with Crippen molar-refractivity contribution in [3.05, 3.63) is 6.33 Å². The summed E-state index contributed by atoms with van der Waals surface area (Å²) in [4.78, 5) is 10.6. The van der Waals surface area contributed by atoms with Gasteiger partial charge in [-0.05, 0) is 20.0 Å². The Bertz CT molecular complexity index is 358. The van der Waals surface area contributed by atoms with Crippen LogP contribution >= 0.6 is 11.8 Å². The van der Waals surface area contributed by atoms with E-state index >= 15 is 0 Å². The molecule has 102 valence electrons. The van der Waals surface area contributed by atoms with Crippen LogP contribution < -0.4 is 10.5 Å². The molecule has 0 bridgehead atoms. The quantitative estimate of drug-likeness (QED) is 0.575. The van der Waals surface area contributed by atoms with Gasteiger partial charge in [0.1, 0.15) is 17.0 Å². The Kier molecular flexibility index (Phi) is 6.82. The number of nitrogens with zero attached hydrogens (tertiary/aromatic N) is 3. The molecule has 0 saturated carbocycles. The van der Waals surface area contributed by atoms with Crippen LogP contribution in [0.25, 0.3) is 0 Å². The Morgan fingerprint density at radius 1 is 1.28 bits per heavy atom. The number of aromatic nitrogens is 2. The lowest BCUT2D eigenvalue weighted by atomic mass is 10.5. The Labute approximate surface area is 113 Å². The molecule has 0 aliphatic carbocycles. The van der Waals surface area contributed by atoms with Crippen LogP contribution in [0.3, 0.4) is 0 Å². The second-order valence-corrected chi connectivity index (χ2v) is 4.79. The Balaban J connectivity index is 2.54. The highest BCUT2D eigenvalue weighted by atomic mass is 32.2. The maximum atomic E-state index is 5.97. The maximum absolute atomic E-state index is 5.97. The van der Waals surface area contributed by atoms with Gasteiger partial charge in [-0.2, -0.15) is 4.98 Å². The van der Waals surface area contributed by atoms with Gasteiger partial charge in [0, 0.05) is 12.3 Å². The zero-order valence-corrected chi connectivity index (χ0v) is 12.2. The average molecular weight is 270 g/mol. The van der Waals surface area contributed by atoms with E-state index in [2.05, 4.69) is 28.7 Å². The first-order chi connectivity index (χ1) is 8.72. The molecule has 1 rings (SSSR count). The summed E-state index contributed by atoms with van der Waals surface area (Å²) in [6, 6.07) is 0. The molecule has 0 unspecified atom stereocenters.